The lowest BCUT2D eigenvalue weighted by atomic mass is 9.74. The molecule has 0 amide bonds. The van der Waals surface area contributed by atoms with Crippen LogP contribution in [-0.2, 0) is 28.6 Å². The van der Waals surface area contributed by atoms with Crippen molar-refractivity contribution >= 4 is 17.9 Å². The first kappa shape index (κ1) is 17.4. The van der Waals surface area contributed by atoms with E-state index in [0.717, 1.165) is 0 Å². The van der Waals surface area contributed by atoms with Crippen molar-refractivity contribution in [2.75, 3.05) is 21.3 Å². The molecule has 19 heavy (non-hydrogen) atoms. The minimum Gasteiger partial charge on any atom is -0.469 e. The van der Waals surface area contributed by atoms with Gasteiger partial charge in [-0.2, -0.15) is 0 Å². The van der Waals surface area contributed by atoms with Gasteiger partial charge in [-0.15, -0.1) is 0 Å². The van der Waals surface area contributed by atoms with Crippen LogP contribution in [0.15, 0.2) is 0 Å². The predicted octanol–water partition coefficient (Wildman–Crippen LogP) is 1.32. The minimum atomic E-state index is -0.659. The first-order valence-electron chi connectivity index (χ1n) is 6.00. The summed E-state index contributed by atoms with van der Waals surface area (Å²) in [7, 11) is 3.86. The van der Waals surface area contributed by atoms with Crippen molar-refractivity contribution in [3.63, 3.8) is 0 Å². The van der Waals surface area contributed by atoms with Crippen LogP contribution in [0.2, 0.25) is 0 Å². The standard InChI is InChI=1S/C13H22O6/c1-13(2,8-11(15)18-4)9(12(16)19-5)6-7-10(14)17-3/h9H,6-8H2,1-5H3/t9-/m0/s1. The van der Waals surface area contributed by atoms with Crippen LogP contribution in [0.4, 0.5) is 0 Å². The van der Waals surface area contributed by atoms with E-state index < -0.39 is 29.2 Å². The van der Waals surface area contributed by atoms with Crippen LogP contribution in [0.3, 0.4) is 0 Å². The number of ether oxygens (including phenoxy) is 3. The van der Waals surface area contributed by atoms with Crippen LogP contribution < -0.4 is 0 Å². The highest BCUT2D eigenvalue weighted by molar-refractivity contribution is 5.77. The summed E-state index contributed by atoms with van der Waals surface area (Å²) in [5.74, 6) is -1.83. The SMILES string of the molecule is COC(=O)CC[C@@H](C(=O)OC)C(C)(C)CC(=O)OC. The monoisotopic (exact) mass is 274 g/mol. The van der Waals surface area contributed by atoms with E-state index in [4.69, 9.17) is 4.74 Å². The molecule has 1 atom stereocenters. The number of rotatable bonds is 7. The number of carbonyl (C=O) groups excluding carboxylic acids is 3. The molecule has 6 nitrogen and oxygen atoms in total. The molecular formula is C13H22O6. The van der Waals surface area contributed by atoms with E-state index in [9.17, 15) is 14.4 Å². The zero-order chi connectivity index (χ0) is 15.1. The molecule has 0 bridgehead atoms. The summed E-state index contributed by atoms with van der Waals surface area (Å²) >= 11 is 0. The summed E-state index contributed by atoms with van der Waals surface area (Å²) in [6.07, 6.45) is 0.439. The third kappa shape index (κ3) is 5.72. The molecule has 0 aliphatic heterocycles. The Hall–Kier alpha value is -1.59. The maximum absolute atomic E-state index is 11.8. The molecule has 0 unspecified atom stereocenters. The lowest BCUT2D eigenvalue weighted by molar-refractivity contribution is -0.153. The average Bonchev–Trinajstić information content (AvgIpc) is 2.37. The molecule has 0 heterocycles. The number of hydrogen-bond donors (Lipinski definition) is 0. The van der Waals surface area contributed by atoms with Gasteiger partial charge in [0.1, 0.15) is 0 Å². The summed E-state index contributed by atoms with van der Waals surface area (Å²) in [5, 5.41) is 0. The largest absolute Gasteiger partial charge is 0.469 e. The number of esters is 3. The van der Waals surface area contributed by atoms with Crippen molar-refractivity contribution in [3.05, 3.63) is 0 Å². The van der Waals surface area contributed by atoms with Crippen LogP contribution in [0.25, 0.3) is 0 Å². The van der Waals surface area contributed by atoms with Gasteiger partial charge in [0.05, 0.1) is 33.7 Å². The molecule has 6 heteroatoms. The van der Waals surface area contributed by atoms with Crippen LogP contribution in [0.1, 0.15) is 33.1 Å². The van der Waals surface area contributed by atoms with Crippen LogP contribution in [0, 0.1) is 11.3 Å². The molecule has 0 rings (SSSR count). The molecule has 0 saturated heterocycles. The highest BCUT2D eigenvalue weighted by atomic mass is 16.5. The van der Waals surface area contributed by atoms with Crippen LogP contribution in [0.5, 0.6) is 0 Å². The fraction of sp³-hybridized carbons (Fsp3) is 0.769. The van der Waals surface area contributed by atoms with Gasteiger partial charge in [0.15, 0.2) is 0 Å². The van der Waals surface area contributed by atoms with Crippen molar-refractivity contribution < 1.29 is 28.6 Å². The Labute approximate surface area is 113 Å². The molecule has 0 aromatic carbocycles. The van der Waals surface area contributed by atoms with Gasteiger partial charge in [0.25, 0.3) is 0 Å². The van der Waals surface area contributed by atoms with Gasteiger partial charge in [-0.3, -0.25) is 14.4 Å². The fourth-order valence-corrected chi connectivity index (χ4v) is 1.90. The Morgan fingerprint density at radius 3 is 1.89 bits per heavy atom. The Kier molecular flexibility index (Phi) is 7.11. The van der Waals surface area contributed by atoms with E-state index in [1.807, 2.05) is 0 Å². The van der Waals surface area contributed by atoms with E-state index >= 15 is 0 Å². The summed E-state index contributed by atoms with van der Waals surface area (Å²) in [4.78, 5) is 34.3. The summed E-state index contributed by atoms with van der Waals surface area (Å²) in [6, 6.07) is 0. The lowest BCUT2D eigenvalue weighted by Gasteiger charge is -2.31. The van der Waals surface area contributed by atoms with E-state index in [1.165, 1.54) is 21.3 Å². The van der Waals surface area contributed by atoms with Gasteiger partial charge in [0.2, 0.25) is 0 Å². The zero-order valence-electron chi connectivity index (χ0n) is 12.1. The van der Waals surface area contributed by atoms with Crippen molar-refractivity contribution in [1.29, 1.82) is 0 Å². The molecule has 110 valence electrons. The predicted molar refractivity (Wildman–Crippen MR) is 67.2 cm³/mol. The van der Waals surface area contributed by atoms with Gasteiger partial charge >= 0.3 is 17.9 Å². The molecule has 0 N–H and O–H groups in total. The lowest BCUT2D eigenvalue weighted by Crippen LogP contribution is -2.34. The second-order valence-corrected chi connectivity index (χ2v) is 4.93. The van der Waals surface area contributed by atoms with Crippen molar-refractivity contribution in [2.45, 2.75) is 33.1 Å². The molecule has 0 fully saturated rings. The summed E-state index contributed by atoms with van der Waals surface area (Å²) in [6.45, 7) is 3.53. The van der Waals surface area contributed by atoms with E-state index in [2.05, 4.69) is 9.47 Å². The first-order chi connectivity index (χ1) is 8.78. The highest BCUT2D eigenvalue weighted by Crippen LogP contribution is 2.35. The van der Waals surface area contributed by atoms with Gasteiger partial charge in [-0.25, -0.2) is 0 Å². The first-order valence-corrected chi connectivity index (χ1v) is 6.00. The molecule has 0 aromatic heterocycles. The van der Waals surface area contributed by atoms with Gasteiger partial charge in [-0.1, -0.05) is 13.8 Å². The Morgan fingerprint density at radius 1 is 0.947 bits per heavy atom. The van der Waals surface area contributed by atoms with E-state index in [-0.39, 0.29) is 19.3 Å². The van der Waals surface area contributed by atoms with E-state index in [0.29, 0.717) is 0 Å². The molecule has 0 aromatic rings. The van der Waals surface area contributed by atoms with Crippen molar-refractivity contribution in [1.82, 2.24) is 0 Å². The molecule has 0 spiro atoms. The molecule has 0 radical (unpaired) electrons. The topological polar surface area (TPSA) is 78.9 Å². The molecular weight excluding hydrogens is 252 g/mol. The third-order valence-electron chi connectivity index (χ3n) is 3.12. The van der Waals surface area contributed by atoms with Crippen molar-refractivity contribution in [3.8, 4) is 0 Å². The number of hydrogen-bond acceptors (Lipinski definition) is 6. The second kappa shape index (κ2) is 7.76. The Balaban J connectivity index is 4.86. The van der Waals surface area contributed by atoms with Gasteiger partial charge in [0, 0.05) is 6.42 Å². The van der Waals surface area contributed by atoms with Gasteiger partial charge < -0.3 is 14.2 Å². The molecule has 0 aliphatic carbocycles. The zero-order valence-corrected chi connectivity index (χ0v) is 12.1. The summed E-state index contributed by atoms with van der Waals surface area (Å²) in [5.41, 5.74) is -0.659. The van der Waals surface area contributed by atoms with Gasteiger partial charge in [-0.05, 0) is 11.8 Å². The van der Waals surface area contributed by atoms with Crippen LogP contribution >= 0.6 is 0 Å². The highest BCUT2D eigenvalue weighted by Gasteiger charge is 2.38. The fourth-order valence-electron chi connectivity index (χ4n) is 1.90. The maximum atomic E-state index is 11.8. The number of carbonyl (C=O) groups is 3. The number of methoxy groups -OCH3 is 3. The Bertz CT molecular complexity index is 334. The molecule has 0 aliphatic rings. The second-order valence-electron chi connectivity index (χ2n) is 4.93. The van der Waals surface area contributed by atoms with E-state index in [1.54, 1.807) is 13.8 Å². The third-order valence-corrected chi connectivity index (χ3v) is 3.12. The quantitative estimate of drug-likeness (QED) is 0.514. The smallest absolute Gasteiger partial charge is 0.309 e. The minimum absolute atomic E-state index is 0.0738. The maximum Gasteiger partial charge on any atom is 0.309 e. The average molecular weight is 274 g/mol. The van der Waals surface area contributed by atoms with Crippen molar-refractivity contribution in [2.24, 2.45) is 11.3 Å². The van der Waals surface area contributed by atoms with Crippen LogP contribution in [-0.4, -0.2) is 39.2 Å². The summed E-state index contributed by atoms with van der Waals surface area (Å²) < 4.78 is 13.9. The Morgan fingerprint density at radius 2 is 1.47 bits per heavy atom. The normalized spacial score (nSPS) is 12.5. The molecule has 0 saturated carbocycles.